The molecule has 0 aliphatic rings. The Morgan fingerprint density at radius 1 is 1.29 bits per heavy atom. The zero-order chi connectivity index (χ0) is 10.6. The first kappa shape index (κ1) is 10.9. The lowest BCUT2D eigenvalue weighted by Gasteiger charge is -2.06. The van der Waals surface area contributed by atoms with Gasteiger partial charge in [0.1, 0.15) is 0 Å². The number of benzene rings is 1. The second kappa shape index (κ2) is 4.91. The predicted octanol–water partition coefficient (Wildman–Crippen LogP) is 1.86. The SMILES string of the molecule is COc1c(F)cc(CCCN)cc1F. The molecule has 1 aromatic rings. The van der Waals surface area contributed by atoms with Crippen LogP contribution in [0.5, 0.6) is 5.75 Å². The van der Waals surface area contributed by atoms with Crippen LogP contribution in [0.3, 0.4) is 0 Å². The summed E-state index contributed by atoms with van der Waals surface area (Å²) < 4.78 is 30.8. The van der Waals surface area contributed by atoms with Crippen LogP contribution in [0.2, 0.25) is 0 Å². The lowest BCUT2D eigenvalue weighted by molar-refractivity contribution is 0.359. The van der Waals surface area contributed by atoms with E-state index in [1.807, 2.05) is 0 Å². The molecule has 0 spiro atoms. The average molecular weight is 201 g/mol. The topological polar surface area (TPSA) is 35.2 Å². The normalized spacial score (nSPS) is 10.3. The van der Waals surface area contributed by atoms with E-state index in [2.05, 4.69) is 4.74 Å². The first-order valence-electron chi connectivity index (χ1n) is 4.41. The van der Waals surface area contributed by atoms with E-state index in [4.69, 9.17) is 5.73 Å². The van der Waals surface area contributed by atoms with E-state index in [9.17, 15) is 8.78 Å². The van der Waals surface area contributed by atoms with E-state index in [-0.39, 0.29) is 5.75 Å². The van der Waals surface area contributed by atoms with Crippen molar-refractivity contribution in [3.05, 3.63) is 29.3 Å². The number of aryl methyl sites for hydroxylation is 1. The van der Waals surface area contributed by atoms with Gasteiger partial charge in [-0.05, 0) is 37.1 Å². The van der Waals surface area contributed by atoms with Gasteiger partial charge in [0.15, 0.2) is 17.4 Å². The quantitative estimate of drug-likeness (QED) is 0.807. The van der Waals surface area contributed by atoms with Gasteiger partial charge in [0.05, 0.1) is 7.11 Å². The highest BCUT2D eigenvalue weighted by Gasteiger charge is 2.10. The van der Waals surface area contributed by atoms with Crippen LogP contribution in [-0.2, 0) is 6.42 Å². The molecule has 1 rings (SSSR count). The number of hydrogen-bond donors (Lipinski definition) is 1. The molecule has 0 aromatic heterocycles. The Bertz CT molecular complexity index is 292. The van der Waals surface area contributed by atoms with Gasteiger partial charge < -0.3 is 10.5 Å². The van der Waals surface area contributed by atoms with Crippen molar-refractivity contribution < 1.29 is 13.5 Å². The van der Waals surface area contributed by atoms with Gasteiger partial charge in [-0.1, -0.05) is 0 Å². The molecule has 0 saturated heterocycles. The molecule has 0 atom stereocenters. The lowest BCUT2D eigenvalue weighted by atomic mass is 10.1. The molecule has 14 heavy (non-hydrogen) atoms. The first-order chi connectivity index (χ1) is 6.69. The number of halogens is 2. The Kier molecular flexibility index (Phi) is 3.83. The van der Waals surface area contributed by atoms with E-state index in [0.717, 1.165) is 0 Å². The second-order valence-corrected chi connectivity index (χ2v) is 2.98. The molecule has 2 nitrogen and oxygen atoms in total. The molecule has 2 N–H and O–H groups in total. The maximum Gasteiger partial charge on any atom is 0.190 e. The van der Waals surface area contributed by atoms with Crippen LogP contribution >= 0.6 is 0 Å². The molecule has 0 fully saturated rings. The van der Waals surface area contributed by atoms with Crippen molar-refractivity contribution in [2.24, 2.45) is 5.73 Å². The molecule has 0 aliphatic carbocycles. The predicted molar refractivity (Wildman–Crippen MR) is 50.3 cm³/mol. The molecule has 0 radical (unpaired) electrons. The minimum atomic E-state index is -0.667. The van der Waals surface area contributed by atoms with E-state index in [1.165, 1.54) is 19.2 Å². The van der Waals surface area contributed by atoms with Gasteiger partial charge in [0.2, 0.25) is 0 Å². The van der Waals surface area contributed by atoms with Crippen LogP contribution in [0.1, 0.15) is 12.0 Å². The third kappa shape index (κ3) is 2.42. The maximum absolute atomic E-state index is 13.1. The van der Waals surface area contributed by atoms with Crippen LogP contribution in [0.25, 0.3) is 0 Å². The summed E-state index contributed by atoms with van der Waals surface area (Å²) in [4.78, 5) is 0. The van der Waals surface area contributed by atoms with Gasteiger partial charge in [-0.2, -0.15) is 0 Å². The van der Waals surface area contributed by atoms with Crippen molar-refractivity contribution in [2.45, 2.75) is 12.8 Å². The van der Waals surface area contributed by atoms with E-state index >= 15 is 0 Å². The largest absolute Gasteiger partial charge is 0.491 e. The molecular weight excluding hydrogens is 188 g/mol. The van der Waals surface area contributed by atoms with Crippen LogP contribution < -0.4 is 10.5 Å². The Labute approximate surface area is 81.7 Å². The summed E-state index contributed by atoms with van der Waals surface area (Å²) in [5, 5.41) is 0. The highest BCUT2D eigenvalue weighted by atomic mass is 19.1. The van der Waals surface area contributed by atoms with Crippen molar-refractivity contribution in [2.75, 3.05) is 13.7 Å². The third-order valence-corrected chi connectivity index (χ3v) is 1.93. The summed E-state index contributed by atoms with van der Waals surface area (Å²) in [7, 11) is 1.24. The zero-order valence-electron chi connectivity index (χ0n) is 8.02. The Morgan fingerprint density at radius 2 is 1.86 bits per heavy atom. The van der Waals surface area contributed by atoms with Crippen LogP contribution in [0.4, 0.5) is 8.78 Å². The fourth-order valence-electron chi connectivity index (χ4n) is 1.26. The zero-order valence-corrected chi connectivity index (χ0v) is 8.02. The van der Waals surface area contributed by atoms with Crippen molar-refractivity contribution >= 4 is 0 Å². The number of rotatable bonds is 4. The summed E-state index contributed by atoms with van der Waals surface area (Å²) in [5.74, 6) is -1.67. The summed E-state index contributed by atoms with van der Waals surface area (Å²) in [6.45, 7) is 0.509. The molecule has 0 heterocycles. The number of methoxy groups -OCH3 is 1. The molecule has 0 aliphatic heterocycles. The van der Waals surface area contributed by atoms with Crippen LogP contribution in [0.15, 0.2) is 12.1 Å². The van der Waals surface area contributed by atoms with E-state index in [0.29, 0.717) is 24.9 Å². The lowest BCUT2D eigenvalue weighted by Crippen LogP contribution is -2.01. The third-order valence-electron chi connectivity index (χ3n) is 1.93. The number of ether oxygens (including phenoxy) is 1. The Morgan fingerprint density at radius 3 is 2.29 bits per heavy atom. The summed E-state index contributed by atoms with van der Waals surface area (Å²) in [6.07, 6.45) is 1.29. The smallest absolute Gasteiger partial charge is 0.190 e. The molecule has 78 valence electrons. The summed E-state index contributed by atoms with van der Waals surface area (Å²) in [5.41, 5.74) is 5.90. The van der Waals surface area contributed by atoms with Crippen molar-refractivity contribution in [3.63, 3.8) is 0 Å². The van der Waals surface area contributed by atoms with Gasteiger partial charge in [0, 0.05) is 0 Å². The maximum atomic E-state index is 13.1. The number of hydrogen-bond acceptors (Lipinski definition) is 2. The molecule has 0 amide bonds. The Balaban J connectivity index is 2.90. The van der Waals surface area contributed by atoms with Gasteiger partial charge in [0.25, 0.3) is 0 Å². The van der Waals surface area contributed by atoms with Gasteiger partial charge in [-0.15, -0.1) is 0 Å². The van der Waals surface area contributed by atoms with Crippen molar-refractivity contribution in [3.8, 4) is 5.75 Å². The molecule has 4 heteroatoms. The molecule has 0 bridgehead atoms. The van der Waals surface area contributed by atoms with Gasteiger partial charge >= 0.3 is 0 Å². The monoisotopic (exact) mass is 201 g/mol. The molecule has 1 aromatic carbocycles. The molecular formula is C10H13F2NO. The Hall–Kier alpha value is -1.16. The minimum Gasteiger partial charge on any atom is -0.491 e. The highest BCUT2D eigenvalue weighted by Crippen LogP contribution is 2.23. The number of nitrogens with two attached hydrogens (primary N) is 1. The highest BCUT2D eigenvalue weighted by molar-refractivity contribution is 5.31. The first-order valence-corrected chi connectivity index (χ1v) is 4.41. The van der Waals surface area contributed by atoms with Gasteiger partial charge in [-0.3, -0.25) is 0 Å². The van der Waals surface area contributed by atoms with E-state index < -0.39 is 11.6 Å². The summed E-state index contributed by atoms with van der Waals surface area (Å²) >= 11 is 0. The van der Waals surface area contributed by atoms with Crippen LogP contribution in [0, 0.1) is 11.6 Å². The fourth-order valence-corrected chi connectivity index (χ4v) is 1.26. The fraction of sp³-hybridized carbons (Fsp3) is 0.400. The average Bonchev–Trinajstić information content (AvgIpc) is 2.14. The van der Waals surface area contributed by atoms with Crippen LogP contribution in [-0.4, -0.2) is 13.7 Å². The second-order valence-electron chi connectivity index (χ2n) is 2.98. The summed E-state index contributed by atoms with van der Waals surface area (Å²) in [6, 6.07) is 2.55. The molecule has 0 unspecified atom stereocenters. The standard InChI is InChI=1S/C10H13F2NO/c1-14-10-8(11)5-7(3-2-4-13)6-9(10)12/h5-6H,2-4,13H2,1H3. The van der Waals surface area contributed by atoms with Gasteiger partial charge in [-0.25, -0.2) is 8.78 Å². The van der Waals surface area contributed by atoms with Crippen molar-refractivity contribution in [1.82, 2.24) is 0 Å². The molecule has 0 saturated carbocycles. The minimum absolute atomic E-state index is 0.332. The van der Waals surface area contributed by atoms with E-state index in [1.54, 1.807) is 0 Å². The van der Waals surface area contributed by atoms with Crippen molar-refractivity contribution in [1.29, 1.82) is 0 Å².